The zero-order valence-electron chi connectivity index (χ0n) is 11.5. The Morgan fingerprint density at radius 3 is 2.89 bits per heavy atom. The molecule has 0 aliphatic heterocycles. The van der Waals surface area contributed by atoms with Crippen molar-refractivity contribution in [1.29, 1.82) is 0 Å². The maximum atomic E-state index is 5.76. The number of thioether (sulfide) groups is 1. The molecule has 0 saturated carbocycles. The van der Waals surface area contributed by atoms with Crippen LogP contribution in [0.5, 0.6) is 0 Å². The van der Waals surface area contributed by atoms with Crippen molar-refractivity contribution < 1.29 is 0 Å². The number of fused-ring (bicyclic) bond motifs is 1. The van der Waals surface area contributed by atoms with Crippen LogP contribution >= 0.6 is 11.8 Å². The highest BCUT2D eigenvalue weighted by Gasteiger charge is 2.06. The van der Waals surface area contributed by atoms with Gasteiger partial charge in [0.25, 0.3) is 0 Å². The molecule has 0 spiro atoms. The summed E-state index contributed by atoms with van der Waals surface area (Å²) in [5.41, 5.74) is 7.30. The quantitative estimate of drug-likeness (QED) is 0.789. The zero-order chi connectivity index (χ0) is 13.7. The Kier molecular flexibility index (Phi) is 5.01. The van der Waals surface area contributed by atoms with Crippen LogP contribution in [0.2, 0.25) is 0 Å². The first kappa shape index (κ1) is 14.1. The summed E-state index contributed by atoms with van der Waals surface area (Å²) in [7, 11) is 0. The lowest BCUT2D eigenvalue weighted by molar-refractivity contribution is 0.631. The highest BCUT2D eigenvalue weighted by Crippen LogP contribution is 2.15. The molecule has 2 N–H and O–H groups in total. The lowest BCUT2D eigenvalue weighted by atomic mass is 10.2. The molecule has 2 rings (SSSR count). The molecule has 0 bridgehead atoms. The number of aryl methyl sites for hydroxylation is 1. The van der Waals surface area contributed by atoms with Gasteiger partial charge >= 0.3 is 0 Å². The third-order valence-electron chi connectivity index (χ3n) is 2.96. The zero-order valence-corrected chi connectivity index (χ0v) is 12.4. The van der Waals surface area contributed by atoms with E-state index in [1.165, 1.54) is 24.3 Å². The van der Waals surface area contributed by atoms with Gasteiger partial charge in [-0.1, -0.05) is 13.8 Å². The van der Waals surface area contributed by atoms with Gasteiger partial charge in [-0.25, -0.2) is 15.0 Å². The average molecular weight is 279 g/mol. The maximum absolute atomic E-state index is 5.76. The van der Waals surface area contributed by atoms with Gasteiger partial charge in [-0.05, 0) is 30.3 Å². The van der Waals surface area contributed by atoms with Crippen LogP contribution in [0.15, 0.2) is 12.7 Å². The molecule has 0 aliphatic carbocycles. The normalized spacial score (nSPS) is 11.5. The number of aromatic nitrogens is 4. The molecular weight excluding hydrogens is 258 g/mol. The van der Waals surface area contributed by atoms with E-state index in [1.807, 2.05) is 11.8 Å². The van der Waals surface area contributed by atoms with Gasteiger partial charge in [0.15, 0.2) is 11.5 Å². The van der Waals surface area contributed by atoms with E-state index >= 15 is 0 Å². The molecule has 0 fully saturated rings. The van der Waals surface area contributed by atoms with Crippen molar-refractivity contribution in [2.45, 2.75) is 33.2 Å². The molecule has 5 nitrogen and oxygen atoms in total. The summed E-state index contributed by atoms with van der Waals surface area (Å²) in [5.74, 6) is 3.67. The summed E-state index contributed by atoms with van der Waals surface area (Å²) in [4.78, 5) is 12.5. The first-order chi connectivity index (χ1) is 9.18. The average Bonchev–Trinajstić information content (AvgIpc) is 2.78. The summed E-state index contributed by atoms with van der Waals surface area (Å²) < 4.78 is 2.05. The van der Waals surface area contributed by atoms with E-state index < -0.39 is 0 Å². The Hall–Kier alpha value is -1.30. The number of imidazole rings is 1. The summed E-state index contributed by atoms with van der Waals surface area (Å²) in [6.07, 6.45) is 5.71. The molecule has 2 heterocycles. The maximum Gasteiger partial charge on any atom is 0.165 e. The second-order valence-corrected chi connectivity index (χ2v) is 6.24. The van der Waals surface area contributed by atoms with Crippen LogP contribution in [0.3, 0.4) is 0 Å². The van der Waals surface area contributed by atoms with Gasteiger partial charge in [0.05, 0.1) is 6.33 Å². The Morgan fingerprint density at radius 1 is 1.26 bits per heavy atom. The van der Waals surface area contributed by atoms with Gasteiger partial charge in [-0.3, -0.25) is 0 Å². The minimum atomic E-state index is 0.454. The SMILES string of the molecule is CC(C)CCSCCCn1cnc2c(N)ncnc21. The number of hydrogen-bond donors (Lipinski definition) is 1. The molecule has 0 amide bonds. The van der Waals surface area contributed by atoms with Crippen molar-refractivity contribution in [3.63, 3.8) is 0 Å². The van der Waals surface area contributed by atoms with Crippen LogP contribution in [0.1, 0.15) is 26.7 Å². The van der Waals surface area contributed by atoms with Crippen molar-refractivity contribution in [3.05, 3.63) is 12.7 Å². The molecule has 0 unspecified atom stereocenters. The van der Waals surface area contributed by atoms with Gasteiger partial charge in [-0.2, -0.15) is 11.8 Å². The van der Waals surface area contributed by atoms with Crippen molar-refractivity contribution in [2.75, 3.05) is 17.2 Å². The fourth-order valence-corrected chi connectivity index (χ4v) is 3.00. The van der Waals surface area contributed by atoms with Crippen molar-refractivity contribution in [3.8, 4) is 0 Å². The number of anilines is 1. The van der Waals surface area contributed by atoms with Gasteiger partial charge in [0.2, 0.25) is 0 Å². The van der Waals surface area contributed by atoms with E-state index in [0.717, 1.165) is 24.5 Å². The lowest BCUT2D eigenvalue weighted by Gasteiger charge is -2.05. The minimum Gasteiger partial charge on any atom is -0.382 e. The summed E-state index contributed by atoms with van der Waals surface area (Å²) in [5, 5.41) is 0. The summed E-state index contributed by atoms with van der Waals surface area (Å²) >= 11 is 2.02. The molecule has 19 heavy (non-hydrogen) atoms. The fourth-order valence-electron chi connectivity index (χ4n) is 1.82. The van der Waals surface area contributed by atoms with Gasteiger partial charge in [0.1, 0.15) is 11.8 Å². The number of nitrogens with zero attached hydrogens (tertiary/aromatic N) is 4. The van der Waals surface area contributed by atoms with Gasteiger partial charge in [0, 0.05) is 6.54 Å². The molecule has 0 aliphatic rings. The van der Waals surface area contributed by atoms with Crippen molar-refractivity contribution in [2.24, 2.45) is 5.92 Å². The lowest BCUT2D eigenvalue weighted by Crippen LogP contribution is -2.00. The summed E-state index contributed by atoms with van der Waals surface area (Å²) in [6, 6.07) is 0. The molecule has 0 atom stereocenters. The molecule has 0 radical (unpaired) electrons. The second-order valence-electron chi connectivity index (χ2n) is 5.02. The topological polar surface area (TPSA) is 69.6 Å². The highest BCUT2D eigenvalue weighted by molar-refractivity contribution is 7.99. The van der Waals surface area contributed by atoms with Crippen LogP contribution in [-0.2, 0) is 6.54 Å². The molecule has 2 aromatic heterocycles. The van der Waals surface area contributed by atoms with Crippen molar-refractivity contribution >= 4 is 28.7 Å². The first-order valence-corrected chi connectivity index (χ1v) is 7.83. The molecule has 0 aromatic carbocycles. The van der Waals surface area contributed by atoms with Gasteiger partial charge < -0.3 is 10.3 Å². The van der Waals surface area contributed by atoms with Crippen LogP contribution in [-0.4, -0.2) is 31.0 Å². The van der Waals surface area contributed by atoms with Gasteiger partial charge in [-0.15, -0.1) is 0 Å². The van der Waals surface area contributed by atoms with E-state index in [1.54, 1.807) is 6.33 Å². The van der Waals surface area contributed by atoms with E-state index in [9.17, 15) is 0 Å². The van der Waals surface area contributed by atoms with E-state index in [4.69, 9.17) is 5.73 Å². The Labute approximate surface area is 118 Å². The number of rotatable bonds is 7. The van der Waals surface area contributed by atoms with E-state index in [-0.39, 0.29) is 0 Å². The Morgan fingerprint density at radius 2 is 2.11 bits per heavy atom. The smallest absolute Gasteiger partial charge is 0.165 e. The van der Waals surface area contributed by atoms with E-state index in [2.05, 4.69) is 33.4 Å². The monoisotopic (exact) mass is 279 g/mol. The number of nitrogens with two attached hydrogens (primary N) is 1. The summed E-state index contributed by atoms with van der Waals surface area (Å²) in [6.45, 7) is 5.46. The third-order valence-corrected chi connectivity index (χ3v) is 4.06. The standard InChI is InChI=1S/C13H21N5S/c1-10(2)4-7-19-6-3-5-18-9-17-11-12(14)15-8-16-13(11)18/h8-10H,3-7H2,1-2H3,(H2,14,15,16). The fraction of sp³-hybridized carbons (Fsp3) is 0.615. The molecular formula is C13H21N5S. The number of nitrogen functional groups attached to an aromatic ring is 1. The van der Waals surface area contributed by atoms with Crippen LogP contribution in [0, 0.1) is 5.92 Å². The predicted molar refractivity (Wildman–Crippen MR) is 81.1 cm³/mol. The number of hydrogen-bond acceptors (Lipinski definition) is 5. The Bertz CT molecular complexity index is 523. The highest BCUT2D eigenvalue weighted by atomic mass is 32.2. The van der Waals surface area contributed by atoms with E-state index in [0.29, 0.717) is 11.3 Å². The molecule has 2 aromatic rings. The Balaban J connectivity index is 1.81. The molecule has 104 valence electrons. The van der Waals surface area contributed by atoms with Crippen LogP contribution in [0.4, 0.5) is 5.82 Å². The molecule has 6 heteroatoms. The van der Waals surface area contributed by atoms with Crippen LogP contribution < -0.4 is 5.73 Å². The minimum absolute atomic E-state index is 0.454. The largest absolute Gasteiger partial charge is 0.382 e. The predicted octanol–water partition coefficient (Wildman–Crippen LogP) is 2.58. The van der Waals surface area contributed by atoms with Crippen LogP contribution in [0.25, 0.3) is 11.2 Å². The van der Waals surface area contributed by atoms with Crippen molar-refractivity contribution in [1.82, 2.24) is 19.5 Å². The first-order valence-electron chi connectivity index (χ1n) is 6.67. The third kappa shape index (κ3) is 3.83. The molecule has 0 saturated heterocycles. The second kappa shape index (κ2) is 6.75.